The quantitative estimate of drug-likeness (QED) is 0.729. The number of rotatable bonds is 4. The fourth-order valence-electron chi connectivity index (χ4n) is 1.41. The number of hydrogen-bond donors (Lipinski definition) is 2. The Bertz CT molecular complexity index is 374. The molecule has 1 aromatic rings. The Hall–Kier alpha value is -1.55. The van der Waals surface area contributed by atoms with Gasteiger partial charge in [-0.15, -0.1) is 0 Å². The average Bonchev–Trinajstić information content (AvgIpc) is 2.18. The van der Waals surface area contributed by atoms with Crippen LogP contribution in [0.25, 0.3) is 0 Å². The third kappa shape index (κ3) is 2.27. The van der Waals surface area contributed by atoms with Crippen LogP contribution in [0.4, 0.5) is 0 Å². The molecule has 0 saturated heterocycles. The smallest absolute Gasteiger partial charge is 0.180 e. The summed E-state index contributed by atoms with van der Waals surface area (Å²) in [7, 11) is 3.15. The predicted molar refractivity (Wildman–Crippen MR) is 57.7 cm³/mol. The normalized spacial score (nSPS) is 10.1. The van der Waals surface area contributed by atoms with Gasteiger partial charge in [0.1, 0.15) is 0 Å². The molecule has 15 heavy (non-hydrogen) atoms. The first-order valence-electron chi connectivity index (χ1n) is 4.66. The second-order valence-corrected chi connectivity index (χ2v) is 3.27. The van der Waals surface area contributed by atoms with Gasteiger partial charge in [0.15, 0.2) is 17.3 Å². The number of nitrogens with one attached hydrogen (secondary N) is 1. The van der Waals surface area contributed by atoms with Gasteiger partial charge >= 0.3 is 0 Å². The highest BCUT2D eigenvalue weighted by atomic mass is 16.5. The molecule has 0 aliphatic heterocycles. The Kier molecular flexibility index (Phi) is 3.68. The van der Waals surface area contributed by atoms with Gasteiger partial charge in [-0.25, -0.2) is 0 Å². The fraction of sp³-hybridized carbons (Fsp3) is 0.364. The minimum atomic E-state index is -0.159. The van der Waals surface area contributed by atoms with E-state index in [-0.39, 0.29) is 23.6 Å². The molecule has 0 aliphatic carbocycles. The Labute approximate surface area is 88.9 Å². The number of phenolic OH excluding ortho intramolecular Hbond substituents is 1. The zero-order valence-electron chi connectivity index (χ0n) is 9.13. The lowest BCUT2D eigenvalue weighted by atomic mass is 10.1. The summed E-state index contributed by atoms with van der Waals surface area (Å²) in [5.41, 5.74) is 1.09. The largest absolute Gasteiger partial charge is 0.504 e. The van der Waals surface area contributed by atoms with Crippen LogP contribution < -0.4 is 10.1 Å². The number of likely N-dealkylation sites (N-methyl/N-ethyl adjacent to an activating group) is 1. The zero-order chi connectivity index (χ0) is 11.4. The Morgan fingerprint density at radius 1 is 1.53 bits per heavy atom. The van der Waals surface area contributed by atoms with Crippen LogP contribution in [-0.4, -0.2) is 31.6 Å². The highest BCUT2D eigenvalue weighted by molar-refractivity contribution is 6.00. The van der Waals surface area contributed by atoms with E-state index in [1.165, 1.54) is 7.11 Å². The van der Waals surface area contributed by atoms with E-state index in [1.807, 2.05) is 6.92 Å². The molecular formula is C11H15NO3. The molecule has 0 fully saturated rings. The predicted octanol–water partition coefficient (Wildman–Crippen LogP) is 1.11. The van der Waals surface area contributed by atoms with Crippen molar-refractivity contribution in [3.8, 4) is 11.5 Å². The number of aryl methyl sites for hydroxylation is 1. The molecule has 1 rings (SSSR count). The molecule has 0 unspecified atom stereocenters. The first-order chi connectivity index (χ1) is 7.11. The fourth-order valence-corrected chi connectivity index (χ4v) is 1.41. The molecule has 1 aromatic carbocycles. The Balaban J connectivity index is 3.15. The van der Waals surface area contributed by atoms with Gasteiger partial charge in [0.05, 0.1) is 19.2 Å². The van der Waals surface area contributed by atoms with E-state index in [0.29, 0.717) is 5.75 Å². The van der Waals surface area contributed by atoms with Gasteiger partial charge in [-0.2, -0.15) is 0 Å². The van der Waals surface area contributed by atoms with Gasteiger partial charge in [-0.05, 0) is 25.6 Å². The molecule has 0 heterocycles. The number of methoxy groups -OCH3 is 1. The number of carbonyl (C=O) groups excluding carboxylic acids is 1. The van der Waals surface area contributed by atoms with E-state index >= 15 is 0 Å². The molecule has 0 saturated carbocycles. The van der Waals surface area contributed by atoms with E-state index in [4.69, 9.17) is 4.74 Å². The number of carbonyl (C=O) groups is 1. The van der Waals surface area contributed by atoms with Crippen LogP contribution in [-0.2, 0) is 0 Å². The van der Waals surface area contributed by atoms with Crippen LogP contribution in [0.2, 0.25) is 0 Å². The van der Waals surface area contributed by atoms with Crippen LogP contribution in [0.1, 0.15) is 15.9 Å². The first kappa shape index (κ1) is 11.5. The van der Waals surface area contributed by atoms with E-state index < -0.39 is 0 Å². The molecule has 0 radical (unpaired) electrons. The van der Waals surface area contributed by atoms with Gasteiger partial charge in [0.25, 0.3) is 0 Å². The van der Waals surface area contributed by atoms with E-state index in [9.17, 15) is 9.90 Å². The lowest BCUT2D eigenvalue weighted by Crippen LogP contribution is -2.18. The zero-order valence-corrected chi connectivity index (χ0v) is 9.13. The Morgan fingerprint density at radius 3 is 2.73 bits per heavy atom. The minimum Gasteiger partial charge on any atom is -0.504 e. The molecule has 0 spiro atoms. The molecule has 4 nitrogen and oxygen atoms in total. The summed E-state index contributed by atoms with van der Waals surface area (Å²) in [4.78, 5) is 11.6. The molecule has 0 atom stereocenters. The van der Waals surface area contributed by atoms with Crippen molar-refractivity contribution in [3.05, 3.63) is 23.3 Å². The third-order valence-corrected chi connectivity index (χ3v) is 2.17. The number of benzene rings is 1. The SMILES string of the molecule is CNCC(=O)c1ccc(C)c(OC)c1O. The van der Waals surface area contributed by atoms with Crippen molar-refractivity contribution in [1.82, 2.24) is 5.32 Å². The molecule has 2 N–H and O–H groups in total. The summed E-state index contributed by atoms with van der Waals surface area (Å²) in [6.07, 6.45) is 0. The van der Waals surface area contributed by atoms with Crippen molar-refractivity contribution >= 4 is 5.78 Å². The maximum Gasteiger partial charge on any atom is 0.180 e. The second-order valence-electron chi connectivity index (χ2n) is 3.27. The van der Waals surface area contributed by atoms with Crippen molar-refractivity contribution in [2.24, 2.45) is 0 Å². The topological polar surface area (TPSA) is 58.6 Å². The van der Waals surface area contributed by atoms with Crippen LogP contribution in [0.3, 0.4) is 0 Å². The van der Waals surface area contributed by atoms with Gasteiger partial charge in [0, 0.05) is 0 Å². The van der Waals surface area contributed by atoms with E-state index in [2.05, 4.69) is 5.32 Å². The summed E-state index contributed by atoms with van der Waals surface area (Å²) in [5, 5.41) is 12.5. The molecule has 82 valence electrons. The molecule has 0 aliphatic rings. The standard InChI is InChI=1S/C11H15NO3/c1-7-4-5-8(9(13)6-12-2)10(14)11(7)15-3/h4-5,12,14H,6H2,1-3H3. The summed E-state index contributed by atoms with van der Waals surface area (Å²) < 4.78 is 5.02. The highest BCUT2D eigenvalue weighted by Gasteiger charge is 2.15. The number of ketones is 1. The number of Topliss-reactive ketones (excluding diaryl/α,β-unsaturated/α-hetero) is 1. The number of phenols is 1. The van der Waals surface area contributed by atoms with Crippen molar-refractivity contribution in [3.63, 3.8) is 0 Å². The summed E-state index contributed by atoms with van der Waals surface area (Å²) in [5.74, 6) is 0.114. The highest BCUT2D eigenvalue weighted by Crippen LogP contribution is 2.33. The van der Waals surface area contributed by atoms with Crippen LogP contribution >= 0.6 is 0 Å². The molecule has 0 bridgehead atoms. The maximum absolute atomic E-state index is 11.6. The maximum atomic E-state index is 11.6. The lowest BCUT2D eigenvalue weighted by Gasteiger charge is -2.10. The van der Waals surface area contributed by atoms with Crippen molar-refractivity contribution < 1.29 is 14.6 Å². The van der Waals surface area contributed by atoms with Crippen molar-refractivity contribution in [2.45, 2.75) is 6.92 Å². The molecule has 4 heteroatoms. The Morgan fingerprint density at radius 2 is 2.20 bits per heavy atom. The van der Waals surface area contributed by atoms with Crippen molar-refractivity contribution in [1.29, 1.82) is 0 Å². The van der Waals surface area contributed by atoms with Gasteiger partial charge in [-0.3, -0.25) is 4.79 Å². The van der Waals surface area contributed by atoms with Gasteiger partial charge in [-0.1, -0.05) is 6.07 Å². The first-order valence-corrected chi connectivity index (χ1v) is 4.66. The summed E-state index contributed by atoms with van der Waals surface area (Å²) >= 11 is 0. The lowest BCUT2D eigenvalue weighted by molar-refractivity contribution is 0.0990. The number of ether oxygens (including phenoxy) is 1. The van der Waals surface area contributed by atoms with E-state index in [1.54, 1.807) is 19.2 Å². The van der Waals surface area contributed by atoms with E-state index in [0.717, 1.165) is 5.56 Å². The second kappa shape index (κ2) is 4.79. The van der Waals surface area contributed by atoms with Gasteiger partial charge in [0.2, 0.25) is 0 Å². The molecule has 0 amide bonds. The van der Waals surface area contributed by atoms with Crippen LogP contribution in [0, 0.1) is 6.92 Å². The van der Waals surface area contributed by atoms with Gasteiger partial charge < -0.3 is 15.2 Å². The van der Waals surface area contributed by atoms with Crippen LogP contribution in [0.5, 0.6) is 11.5 Å². The summed E-state index contributed by atoms with van der Waals surface area (Å²) in [6, 6.07) is 3.36. The molecule has 0 aromatic heterocycles. The van der Waals surface area contributed by atoms with Crippen LogP contribution in [0.15, 0.2) is 12.1 Å². The molecular weight excluding hydrogens is 194 g/mol. The van der Waals surface area contributed by atoms with Crippen molar-refractivity contribution in [2.75, 3.05) is 20.7 Å². The number of aromatic hydroxyl groups is 1. The third-order valence-electron chi connectivity index (χ3n) is 2.17. The monoisotopic (exact) mass is 209 g/mol. The summed E-state index contributed by atoms with van der Waals surface area (Å²) in [6.45, 7) is 2.00. The average molecular weight is 209 g/mol. The number of hydrogen-bond acceptors (Lipinski definition) is 4. The minimum absolute atomic E-state index is 0.0854.